The predicted molar refractivity (Wildman–Crippen MR) is 129 cm³/mol. The molecule has 0 unspecified atom stereocenters. The van der Waals surface area contributed by atoms with Gasteiger partial charge in [-0.15, -0.1) is 0 Å². The molecule has 1 aromatic rings. The number of hydrogen-bond donors (Lipinski definition) is 0. The Hall–Kier alpha value is -2.47. The summed E-state index contributed by atoms with van der Waals surface area (Å²) in [6.07, 6.45) is -0.488. The monoisotopic (exact) mass is 606 g/mol. The van der Waals surface area contributed by atoms with Gasteiger partial charge in [0.15, 0.2) is 0 Å². The van der Waals surface area contributed by atoms with Gasteiger partial charge in [-0.2, -0.15) is 8.78 Å². The highest BCUT2D eigenvalue weighted by Gasteiger charge is 2.28. The minimum atomic E-state index is -2.35. The standard InChI is InChI=1S/C25H35F5O11/c1-18(31)40-17-16-39-15-14-38-13-12-37-11-10-36-9-8-35-7-6-34-5-4-33-3-2-19(32)41-25-23(29)21(27)20(26)22(28)24(25)30/h2-17H2,1H3. The average molecular weight is 607 g/mol. The largest absolute Gasteiger partial charge is 0.463 e. The number of ether oxygens (including phenoxy) is 9. The smallest absolute Gasteiger partial charge is 0.313 e. The van der Waals surface area contributed by atoms with Crippen LogP contribution in [0.5, 0.6) is 5.75 Å². The SMILES string of the molecule is CC(=O)OCCOCCOCCOCCOCCOCCOCCOCCC(=O)Oc1c(F)c(F)c(F)c(F)c1F. The van der Waals surface area contributed by atoms with Crippen molar-refractivity contribution in [3.8, 4) is 5.75 Å². The Labute approximate surface area is 234 Å². The summed E-state index contributed by atoms with van der Waals surface area (Å²) in [5.74, 6) is -14.5. The second kappa shape index (κ2) is 23.1. The third-order valence-corrected chi connectivity index (χ3v) is 4.60. The molecule has 0 fully saturated rings. The van der Waals surface area contributed by atoms with E-state index in [2.05, 4.69) is 4.74 Å². The highest BCUT2D eigenvalue weighted by atomic mass is 19.2. The summed E-state index contributed by atoms with van der Waals surface area (Å²) < 4.78 is 112. The second-order valence-corrected chi connectivity index (χ2v) is 7.75. The maximum atomic E-state index is 13.5. The molecule has 11 nitrogen and oxygen atoms in total. The molecule has 0 atom stereocenters. The van der Waals surface area contributed by atoms with Gasteiger partial charge in [0, 0.05) is 6.92 Å². The molecule has 0 aliphatic heterocycles. The van der Waals surface area contributed by atoms with Crippen LogP contribution in [0.15, 0.2) is 0 Å². The van der Waals surface area contributed by atoms with Crippen molar-refractivity contribution in [3.05, 3.63) is 29.1 Å². The lowest BCUT2D eigenvalue weighted by Crippen LogP contribution is -2.16. The number of benzene rings is 1. The Morgan fingerprint density at radius 3 is 1.10 bits per heavy atom. The van der Waals surface area contributed by atoms with Gasteiger partial charge in [0.25, 0.3) is 0 Å². The van der Waals surface area contributed by atoms with Crippen molar-refractivity contribution in [1.29, 1.82) is 0 Å². The topological polar surface area (TPSA) is 117 Å². The fraction of sp³-hybridized carbons (Fsp3) is 0.680. The second-order valence-electron chi connectivity index (χ2n) is 7.75. The molecular formula is C25H35F5O11. The van der Waals surface area contributed by atoms with Gasteiger partial charge in [-0.05, 0) is 0 Å². The Kier molecular flexibility index (Phi) is 20.6. The molecular weight excluding hydrogens is 571 g/mol. The van der Waals surface area contributed by atoms with Crippen molar-refractivity contribution in [1.82, 2.24) is 0 Å². The van der Waals surface area contributed by atoms with E-state index in [1.54, 1.807) is 0 Å². The number of esters is 2. The van der Waals surface area contributed by atoms with Gasteiger partial charge in [-0.25, -0.2) is 13.2 Å². The fourth-order valence-corrected chi connectivity index (χ4v) is 2.66. The van der Waals surface area contributed by atoms with Gasteiger partial charge in [-0.1, -0.05) is 0 Å². The molecule has 0 heterocycles. The molecule has 1 aromatic carbocycles. The minimum absolute atomic E-state index is 0.0788. The van der Waals surface area contributed by atoms with E-state index in [0.29, 0.717) is 66.1 Å². The van der Waals surface area contributed by atoms with Crippen LogP contribution in [0.1, 0.15) is 13.3 Å². The lowest BCUT2D eigenvalue weighted by molar-refractivity contribution is -0.142. The van der Waals surface area contributed by atoms with E-state index in [0.717, 1.165) is 0 Å². The Balaban J connectivity index is 1.84. The molecule has 1 rings (SSSR count). The fourth-order valence-electron chi connectivity index (χ4n) is 2.66. The van der Waals surface area contributed by atoms with Crippen LogP contribution < -0.4 is 4.74 Å². The zero-order chi connectivity index (χ0) is 30.3. The Morgan fingerprint density at radius 1 is 0.463 bits per heavy atom. The highest BCUT2D eigenvalue weighted by molar-refractivity contribution is 5.72. The summed E-state index contributed by atoms with van der Waals surface area (Å²) in [5.41, 5.74) is 0. The molecule has 0 saturated heterocycles. The molecule has 0 saturated carbocycles. The van der Waals surface area contributed by atoms with Gasteiger partial charge in [0.1, 0.15) is 6.61 Å². The zero-order valence-corrected chi connectivity index (χ0v) is 22.7. The number of hydrogen-bond acceptors (Lipinski definition) is 11. The van der Waals surface area contributed by atoms with Gasteiger partial charge in [-0.3, -0.25) is 9.59 Å². The first-order valence-corrected chi connectivity index (χ1v) is 12.6. The first kappa shape index (κ1) is 36.6. The third-order valence-electron chi connectivity index (χ3n) is 4.60. The molecule has 16 heteroatoms. The van der Waals surface area contributed by atoms with Gasteiger partial charge in [0.05, 0.1) is 98.9 Å². The summed E-state index contributed by atoms with van der Waals surface area (Å²) in [6.45, 7) is 5.61. The van der Waals surface area contributed by atoms with Gasteiger partial charge < -0.3 is 42.6 Å². The molecule has 0 aliphatic carbocycles. The van der Waals surface area contributed by atoms with Gasteiger partial charge in [0.2, 0.25) is 34.8 Å². The van der Waals surface area contributed by atoms with E-state index >= 15 is 0 Å². The van der Waals surface area contributed by atoms with Crippen LogP contribution in [0.2, 0.25) is 0 Å². The van der Waals surface area contributed by atoms with Crippen molar-refractivity contribution in [2.75, 3.05) is 99.1 Å². The van der Waals surface area contributed by atoms with Crippen molar-refractivity contribution in [2.45, 2.75) is 13.3 Å². The molecule has 41 heavy (non-hydrogen) atoms. The van der Waals surface area contributed by atoms with Crippen LogP contribution in [0.25, 0.3) is 0 Å². The quantitative estimate of drug-likeness (QED) is 0.0408. The number of carbonyl (C=O) groups excluding carboxylic acids is 2. The van der Waals surface area contributed by atoms with E-state index in [-0.39, 0.29) is 39.0 Å². The first-order chi connectivity index (χ1) is 19.8. The maximum absolute atomic E-state index is 13.5. The van der Waals surface area contributed by atoms with Crippen molar-refractivity contribution < 1.29 is 74.2 Å². The first-order valence-electron chi connectivity index (χ1n) is 12.6. The summed E-state index contributed by atoms with van der Waals surface area (Å²) in [5, 5.41) is 0. The molecule has 0 N–H and O–H groups in total. The van der Waals surface area contributed by atoms with E-state index in [9.17, 15) is 31.5 Å². The van der Waals surface area contributed by atoms with Crippen molar-refractivity contribution in [3.63, 3.8) is 0 Å². The Bertz CT molecular complexity index is 863. The van der Waals surface area contributed by atoms with Gasteiger partial charge >= 0.3 is 11.9 Å². The number of halogens is 5. The number of rotatable bonds is 25. The van der Waals surface area contributed by atoms with E-state index in [1.807, 2.05) is 0 Å². The lowest BCUT2D eigenvalue weighted by atomic mass is 10.2. The zero-order valence-electron chi connectivity index (χ0n) is 22.7. The predicted octanol–water partition coefficient (Wildman–Crippen LogP) is 2.36. The Morgan fingerprint density at radius 2 is 0.756 bits per heavy atom. The van der Waals surface area contributed by atoms with Crippen molar-refractivity contribution >= 4 is 11.9 Å². The number of carbonyl (C=O) groups is 2. The van der Waals surface area contributed by atoms with Crippen molar-refractivity contribution in [2.24, 2.45) is 0 Å². The van der Waals surface area contributed by atoms with Crippen LogP contribution >= 0.6 is 0 Å². The summed E-state index contributed by atoms with van der Waals surface area (Å²) >= 11 is 0. The van der Waals surface area contributed by atoms with E-state index in [4.69, 9.17) is 37.9 Å². The summed E-state index contributed by atoms with van der Waals surface area (Å²) in [7, 11) is 0. The highest BCUT2D eigenvalue weighted by Crippen LogP contribution is 2.29. The van der Waals surface area contributed by atoms with Crippen LogP contribution in [0.3, 0.4) is 0 Å². The molecule has 0 radical (unpaired) electrons. The molecule has 236 valence electrons. The lowest BCUT2D eigenvalue weighted by Gasteiger charge is -2.09. The third kappa shape index (κ3) is 17.2. The normalized spacial score (nSPS) is 11.2. The van der Waals surface area contributed by atoms with Crippen LogP contribution in [-0.2, 0) is 47.5 Å². The molecule has 0 amide bonds. The van der Waals surface area contributed by atoms with E-state index in [1.165, 1.54) is 6.92 Å². The minimum Gasteiger partial charge on any atom is -0.463 e. The molecule has 0 aliphatic rings. The summed E-state index contributed by atoms with van der Waals surface area (Å²) in [6, 6.07) is 0. The van der Waals surface area contributed by atoms with Crippen LogP contribution in [-0.4, -0.2) is 111 Å². The van der Waals surface area contributed by atoms with E-state index < -0.39 is 47.2 Å². The van der Waals surface area contributed by atoms with Crippen LogP contribution in [0, 0.1) is 29.1 Å². The average Bonchev–Trinajstić information content (AvgIpc) is 2.95. The van der Waals surface area contributed by atoms with Crippen LogP contribution in [0.4, 0.5) is 22.0 Å². The molecule has 0 bridgehead atoms. The molecule has 0 aromatic heterocycles. The summed E-state index contributed by atoms with van der Waals surface area (Å²) in [4.78, 5) is 22.2. The maximum Gasteiger partial charge on any atom is 0.313 e. The molecule has 0 spiro atoms.